The second-order valence-corrected chi connectivity index (χ2v) is 5.37. The summed E-state index contributed by atoms with van der Waals surface area (Å²) in [6.07, 6.45) is 1.87. The van der Waals surface area contributed by atoms with Crippen molar-refractivity contribution in [3.8, 4) is 0 Å². The zero-order chi connectivity index (χ0) is 13.8. The molecule has 1 aromatic carbocycles. The van der Waals surface area contributed by atoms with Gasteiger partial charge in [-0.25, -0.2) is 13.2 Å². The second-order valence-electron chi connectivity index (χ2n) is 5.37. The van der Waals surface area contributed by atoms with E-state index in [1.165, 1.54) is 0 Å². The zero-order valence-corrected chi connectivity index (χ0v) is 11.1. The Morgan fingerprint density at radius 1 is 1.06 bits per heavy atom. The molecular formula is C14H20F3N. The average molecular weight is 259 g/mol. The third-order valence-corrected chi connectivity index (χ3v) is 3.21. The molecule has 0 heterocycles. The molecule has 4 heteroatoms. The molecule has 0 bridgehead atoms. The van der Waals surface area contributed by atoms with Crippen molar-refractivity contribution in [3.05, 3.63) is 35.1 Å². The van der Waals surface area contributed by atoms with Gasteiger partial charge in [0.05, 0.1) is 0 Å². The van der Waals surface area contributed by atoms with Gasteiger partial charge in [0.25, 0.3) is 0 Å². The van der Waals surface area contributed by atoms with Gasteiger partial charge in [-0.2, -0.15) is 0 Å². The maximum absolute atomic E-state index is 13.4. The lowest BCUT2D eigenvalue weighted by Gasteiger charge is -2.24. The third kappa shape index (κ3) is 4.33. The molecule has 0 amide bonds. The first-order valence-electron chi connectivity index (χ1n) is 6.14. The summed E-state index contributed by atoms with van der Waals surface area (Å²) in [5, 5.41) is 3.05. The molecular weight excluding hydrogens is 239 g/mol. The largest absolute Gasteiger partial charge is 0.320 e. The van der Waals surface area contributed by atoms with E-state index in [1.54, 1.807) is 0 Å². The molecule has 0 aliphatic carbocycles. The first-order chi connectivity index (χ1) is 8.35. The van der Waals surface area contributed by atoms with Crippen LogP contribution in [0.15, 0.2) is 12.1 Å². The number of benzene rings is 1. The van der Waals surface area contributed by atoms with Crippen LogP contribution in [0, 0.1) is 22.9 Å². The molecule has 1 N–H and O–H groups in total. The fourth-order valence-corrected chi connectivity index (χ4v) is 1.86. The van der Waals surface area contributed by atoms with Gasteiger partial charge in [0, 0.05) is 17.7 Å². The normalized spacial score (nSPS) is 11.9. The number of hydrogen-bond donors (Lipinski definition) is 1. The van der Waals surface area contributed by atoms with Gasteiger partial charge in [-0.15, -0.1) is 0 Å². The molecule has 1 nitrogen and oxygen atoms in total. The molecule has 0 radical (unpaired) electrons. The summed E-state index contributed by atoms with van der Waals surface area (Å²) in [4.78, 5) is 0. The van der Waals surface area contributed by atoms with E-state index in [2.05, 4.69) is 19.2 Å². The molecule has 0 fully saturated rings. The minimum Gasteiger partial charge on any atom is -0.320 e. The Bertz CT molecular complexity index is 379. The first-order valence-corrected chi connectivity index (χ1v) is 6.14. The minimum absolute atomic E-state index is 0.00369. The summed E-state index contributed by atoms with van der Waals surface area (Å²) >= 11 is 0. The first kappa shape index (κ1) is 15.0. The van der Waals surface area contributed by atoms with E-state index in [1.807, 2.05) is 7.05 Å². The summed E-state index contributed by atoms with van der Waals surface area (Å²) in [7, 11) is 1.87. The molecule has 0 unspecified atom stereocenters. The van der Waals surface area contributed by atoms with Crippen LogP contribution in [0.2, 0.25) is 0 Å². The van der Waals surface area contributed by atoms with Crippen LogP contribution in [0.3, 0.4) is 0 Å². The monoisotopic (exact) mass is 259 g/mol. The summed E-state index contributed by atoms with van der Waals surface area (Å²) in [5.41, 5.74) is -0.0232. The smallest absolute Gasteiger partial charge is 0.132 e. The highest BCUT2D eigenvalue weighted by atomic mass is 19.1. The standard InChI is InChI=1S/C14H20F3N/c1-14(2,6-7-18-3)5-4-11-12(16)8-10(15)9-13(11)17/h8-9,18H,4-7H2,1-3H3. The Balaban J connectivity index is 2.69. The van der Waals surface area contributed by atoms with E-state index in [-0.39, 0.29) is 17.4 Å². The highest BCUT2D eigenvalue weighted by Gasteiger charge is 2.20. The molecule has 0 saturated carbocycles. The van der Waals surface area contributed by atoms with Crippen molar-refractivity contribution < 1.29 is 13.2 Å². The predicted octanol–water partition coefficient (Wildman–Crippen LogP) is 3.67. The molecule has 0 aromatic heterocycles. The molecule has 0 saturated heterocycles. The van der Waals surface area contributed by atoms with Gasteiger partial charge in [0.15, 0.2) is 0 Å². The Labute approximate surface area is 106 Å². The fourth-order valence-electron chi connectivity index (χ4n) is 1.86. The number of hydrogen-bond acceptors (Lipinski definition) is 1. The van der Waals surface area contributed by atoms with Gasteiger partial charge in [0.2, 0.25) is 0 Å². The lowest BCUT2D eigenvalue weighted by atomic mass is 9.83. The van der Waals surface area contributed by atoms with Crippen LogP contribution in [-0.2, 0) is 6.42 Å². The summed E-state index contributed by atoms with van der Waals surface area (Å²) in [5.74, 6) is -2.46. The average Bonchev–Trinajstić information content (AvgIpc) is 2.24. The SMILES string of the molecule is CNCCC(C)(C)CCc1c(F)cc(F)cc1F. The topological polar surface area (TPSA) is 12.0 Å². The molecule has 0 aliphatic heterocycles. The van der Waals surface area contributed by atoms with Crippen LogP contribution in [-0.4, -0.2) is 13.6 Å². The second kappa shape index (κ2) is 6.23. The van der Waals surface area contributed by atoms with Gasteiger partial charge in [-0.1, -0.05) is 13.8 Å². The molecule has 1 aromatic rings. The van der Waals surface area contributed by atoms with Gasteiger partial charge in [0.1, 0.15) is 17.5 Å². The fraction of sp³-hybridized carbons (Fsp3) is 0.571. The Morgan fingerprint density at radius 2 is 1.61 bits per heavy atom. The maximum atomic E-state index is 13.4. The van der Waals surface area contributed by atoms with E-state index in [0.29, 0.717) is 6.42 Å². The van der Waals surface area contributed by atoms with Crippen molar-refractivity contribution in [2.75, 3.05) is 13.6 Å². The predicted molar refractivity (Wildman–Crippen MR) is 67.0 cm³/mol. The van der Waals surface area contributed by atoms with Gasteiger partial charge >= 0.3 is 0 Å². The van der Waals surface area contributed by atoms with Crippen LogP contribution >= 0.6 is 0 Å². The van der Waals surface area contributed by atoms with Crippen LogP contribution in [0.4, 0.5) is 13.2 Å². The molecule has 18 heavy (non-hydrogen) atoms. The maximum Gasteiger partial charge on any atom is 0.132 e. The number of halogens is 3. The zero-order valence-electron chi connectivity index (χ0n) is 11.1. The molecule has 0 spiro atoms. The summed E-state index contributed by atoms with van der Waals surface area (Å²) < 4.78 is 39.7. The van der Waals surface area contributed by atoms with Crippen molar-refractivity contribution in [1.29, 1.82) is 0 Å². The van der Waals surface area contributed by atoms with E-state index < -0.39 is 17.5 Å². The molecule has 0 atom stereocenters. The van der Waals surface area contributed by atoms with Crippen molar-refractivity contribution in [3.63, 3.8) is 0 Å². The van der Waals surface area contributed by atoms with Crippen LogP contribution in [0.1, 0.15) is 32.3 Å². The van der Waals surface area contributed by atoms with Crippen molar-refractivity contribution in [2.24, 2.45) is 5.41 Å². The lowest BCUT2D eigenvalue weighted by molar-refractivity contribution is 0.302. The number of nitrogens with one attached hydrogen (secondary N) is 1. The Morgan fingerprint density at radius 3 is 2.11 bits per heavy atom. The van der Waals surface area contributed by atoms with Crippen LogP contribution < -0.4 is 5.32 Å². The highest BCUT2D eigenvalue weighted by molar-refractivity contribution is 5.21. The van der Waals surface area contributed by atoms with Crippen molar-refractivity contribution >= 4 is 0 Å². The van der Waals surface area contributed by atoms with E-state index in [9.17, 15) is 13.2 Å². The molecule has 102 valence electrons. The molecule has 0 aliphatic rings. The van der Waals surface area contributed by atoms with E-state index in [4.69, 9.17) is 0 Å². The minimum atomic E-state index is -0.872. The lowest BCUT2D eigenvalue weighted by Crippen LogP contribution is -2.20. The van der Waals surface area contributed by atoms with Crippen molar-refractivity contribution in [2.45, 2.75) is 33.1 Å². The quantitative estimate of drug-likeness (QED) is 0.822. The Kier molecular flexibility index (Phi) is 5.20. The summed E-state index contributed by atoms with van der Waals surface area (Å²) in [6.45, 7) is 4.98. The molecule has 1 rings (SSSR count). The van der Waals surface area contributed by atoms with Crippen LogP contribution in [0.5, 0.6) is 0 Å². The highest BCUT2D eigenvalue weighted by Crippen LogP contribution is 2.28. The van der Waals surface area contributed by atoms with E-state index >= 15 is 0 Å². The van der Waals surface area contributed by atoms with Gasteiger partial charge in [-0.05, 0) is 38.3 Å². The van der Waals surface area contributed by atoms with E-state index in [0.717, 1.165) is 25.1 Å². The third-order valence-electron chi connectivity index (χ3n) is 3.21. The van der Waals surface area contributed by atoms with Gasteiger partial charge < -0.3 is 5.32 Å². The van der Waals surface area contributed by atoms with Crippen molar-refractivity contribution in [1.82, 2.24) is 5.32 Å². The van der Waals surface area contributed by atoms with Crippen LogP contribution in [0.25, 0.3) is 0 Å². The summed E-state index contributed by atoms with van der Waals surface area (Å²) in [6, 6.07) is 1.47. The Hall–Kier alpha value is -1.03. The van der Waals surface area contributed by atoms with Gasteiger partial charge in [-0.3, -0.25) is 0 Å². The number of rotatable bonds is 6.